The van der Waals surface area contributed by atoms with Crippen molar-refractivity contribution in [2.45, 2.75) is 194 Å². The monoisotopic (exact) mass is 584 g/mol. The zero-order chi connectivity index (χ0) is 27.3. The first kappa shape index (κ1) is 41.6. The van der Waals surface area contributed by atoms with E-state index in [4.69, 9.17) is 0 Å². The third kappa shape index (κ3) is 35.5. The molecule has 0 fully saturated rings. The fourth-order valence-corrected chi connectivity index (χ4v) is 5.75. The van der Waals surface area contributed by atoms with Crippen molar-refractivity contribution in [3.63, 3.8) is 0 Å². The van der Waals surface area contributed by atoms with E-state index in [2.05, 4.69) is 18.0 Å². The first-order chi connectivity index (χ1) is 18.0. The van der Waals surface area contributed by atoms with E-state index in [-0.39, 0.29) is 63.9 Å². The van der Waals surface area contributed by atoms with Crippen molar-refractivity contribution in [2.24, 2.45) is 5.92 Å². The van der Waals surface area contributed by atoms with E-state index in [1.807, 2.05) is 0 Å². The normalized spacial score (nSPS) is 11.8. The van der Waals surface area contributed by atoms with Crippen molar-refractivity contribution in [3.05, 3.63) is 0 Å². The van der Waals surface area contributed by atoms with Gasteiger partial charge in [-0.3, -0.25) is 4.18 Å². The van der Waals surface area contributed by atoms with Crippen LogP contribution >= 0.6 is 0 Å². The molecule has 0 aliphatic heterocycles. The van der Waals surface area contributed by atoms with Gasteiger partial charge in [0.2, 0.25) is 10.4 Å². The van der Waals surface area contributed by atoms with Gasteiger partial charge in [0.25, 0.3) is 0 Å². The van der Waals surface area contributed by atoms with Gasteiger partial charge in [-0.1, -0.05) is 181 Å². The van der Waals surface area contributed by atoms with E-state index in [1.54, 1.807) is 0 Å². The Morgan fingerprint density at radius 1 is 0.474 bits per heavy atom. The number of hydrogen-bond acceptors (Lipinski definition) is 4. The summed E-state index contributed by atoms with van der Waals surface area (Å²) in [6.45, 7) is 4.61. The molecule has 0 aliphatic carbocycles. The van der Waals surface area contributed by atoms with E-state index >= 15 is 0 Å². The zero-order valence-corrected chi connectivity index (χ0v) is 30.1. The summed E-state index contributed by atoms with van der Waals surface area (Å²) in [4.78, 5) is 0. The number of unbranched alkanes of at least 4 members (excludes halogenated alkanes) is 24. The van der Waals surface area contributed by atoms with Crippen LogP contribution in [-0.4, -0.2) is 19.6 Å². The van der Waals surface area contributed by atoms with E-state index in [1.165, 1.54) is 154 Å². The molecule has 0 aromatic rings. The molecule has 0 aliphatic rings. The molecule has 4 nitrogen and oxygen atoms in total. The van der Waals surface area contributed by atoms with Crippen LogP contribution in [0.4, 0.5) is 0 Å². The molecule has 224 valence electrons. The summed E-state index contributed by atoms with van der Waals surface area (Å²) in [5, 5.41) is 0. The van der Waals surface area contributed by atoms with Crippen LogP contribution in [0.5, 0.6) is 0 Å². The Balaban J connectivity index is 0. The third-order valence-electron chi connectivity index (χ3n) is 7.88. The maximum absolute atomic E-state index is 10.9. The molecule has 0 heterocycles. The van der Waals surface area contributed by atoms with Crippen LogP contribution in [0.25, 0.3) is 0 Å². The van der Waals surface area contributed by atoms with Crippen LogP contribution < -0.4 is 51.4 Å². The van der Waals surface area contributed by atoms with Gasteiger partial charge in [-0.15, -0.1) is 0 Å². The molecule has 0 aromatic heterocycles. The van der Waals surface area contributed by atoms with Crippen LogP contribution in [-0.2, 0) is 14.6 Å². The molecule has 0 saturated heterocycles. The van der Waals surface area contributed by atoms with Gasteiger partial charge in [-0.25, -0.2) is 8.42 Å². The molecule has 0 atom stereocenters. The van der Waals surface area contributed by atoms with Crippen LogP contribution in [0.3, 0.4) is 0 Å². The molecule has 0 radical (unpaired) electrons. The topological polar surface area (TPSA) is 66.4 Å². The zero-order valence-electron chi connectivity index (χ0n) is 26.1. The second kappa shape index (κ2) is 33.0. The fourth-order valence-electron chi connectivity index (χ4n) is 5.39. The van der Waals surface area contributed by atoms with Crippen LogP contribution in [0.2, 0.25) is 0 Å². The summed E-state index contributed by atoms with van der Waals surface area (Å²) in [6, 6.07) is 0. The minimum absolute atomic E-state index is 0. The Morgan fingerprint density at radius 3 is 0.947 bits per heavy atom. The standard InChI is InChI=1S/C32H66O4S.K/c1-3-5-7-9-11-13-15-17-19-21-23-25-27-29-32(31-36-37(33,34)35)30-28-26-24-22-20-18-16-14-12-10-8-6-4-2;/h32H,3-31H2,1-2H3,(H,33,34,35);/q;+1/p-1. The third-order valence-corrected chi connectivity index (χ3v) is 8.30. The molecule has 38 heavy (non-hydrogen) atoms. The van der Waals surface area contributed by atoms with Gasteiger partial charge in [0, 0.05) is 0 Å². The van der Waals surface area contributed by atoms with Crippen molar-refractivity contribution in [2.75, 3.05) is 6.61 Å². The van der Waals surface area contributed by atoms with Crippen LogP contribution in [0.1, 0.15) is 194 Å². The summed E-state index contributed by atoms with van der Waals surface area (Å²) >= 11 is 0. The van der Waals surface area contributed by atoms with Crippen LogP contribution in [0.15, 0.2) is 0 Å². The van der Waals surface area contributed by atoms with Gasteiger partial charge < -0.3 is 4.55 Å². The first-order valence-corrected chi connectivity index (χ1v) is 17.9. The summed E-state index contributed by atoms with van der Waals surface area (Å²) in [6.07, 6.45) is 36.6. The Bertz CT molecular complexity index is 512. The SMILES string of the molecule is CCCCCCCCCCCCCCCC(CCCCCCCCCCCCCCC)COS(=O)(=O)[O-].[K+]. The largest absolute Gasteiger partial charge is 1.00 e. The van der Waals surface area contributed by atoms with Gasteiger partial charge >= 0.3 is 51.4 Å². The van der Waals surface area contributed by atoms with Crippen molar-refractivity contribution >= 4 is 10.4 Å². The Labute approximate surface area is 282 Å². The summed E-state index contributed by atoms with van der Waals surface area (Å²) in [5.41, 5.74) is 0. The summed E-state index contributed by atoms with van der Waals surface area (Å²) in [5.74, 6) is 0.198. The molecule has 6 heteroatoms. The van der Waals surface area contributed by atoms with Crippen molar-refractivity contribution < 1.29 is 68.5 Å². The predicted octanol–water partition coefficient (Wildman–Crippen LogP) is 8.05. The molecule has 0 N–H and O–H groups in total. The van der Waals surface area contributed by atoms with Crippen LogP contribution in [0, 0.1) is 5.92 Å². The smallest absolute Gasteiger partial charge is 0.726 e. The van der Waals surface area contributed by atoms with E-state index < -0.39 is 10.4 Å². The quantitative estimate of drug-likeness (QED) is 0.0358. The molecule has 0 bridgehead atoms. The minimum Gasteiger partial charge on any atom is -0.726 e. The maximum atomic E-state index is 10.9. The molecular formula is C32H65KO4S. The van der Waals surface area contributed by atoms with Crippen molar-refractivity contribution in [3.8, 4) is 0 Å². The predicted molar refractivity (Wildman–Crippen MR) is 160 cm³/mol. The summed E-state index contributed by atoms with van der Waals surface area (Å²) in [7, 11) is -4.58. The second-order valence-electron chi connectivity index (χ2n) is 11.6. The van der Waals surface area contributed by atoms with Crippen molar-refractivity contribution in [1.82, 2.24) is 0 Å². The van der Waals surface area contributed by atoms with Gasteiger partial charge in [0.1, 0.15) is 0 Å². The maximum Gasteiger partial charge on any atom is 1.00 e. The van der Waals surface area contributed by atoms with Crippen molar-refractivity contribution in [1.29, 1.82) is 0 Å². The molecule has 0 amide bonds. The minimum atomic E-state index is -4.58. The molecular weight excluding hydrogens is 520 g/mol. The molecule has 0 unspecified atom stereocenters. The Hall–Kier alpha value is 1.51. The van der Waals surface area contributed by atoms with E-state index in [0.29, 0.717) is 0 Å². The van der Waals surface area contributed by atoms with E-state index in [0.717, 1.165) is 25.7 Å². The van der Waals surface area contributed by atoms with Gasteiger partial charge in [0.15, 0.2) is 0 Å². The Morgan fingerprint density at radius 2 is 0.711 bits per heavy atom. The Kier molecular flexibility index (Phi) is 36.2. The van der Waals surface area contributed by atoms with Gasteiger partial charge in [-0.05, 0) is 18.8 Å². The number of hydrogen-bond donors (Lipinski definition) is 0. The fraction of sp³-hybridized carbons (Fsp3) is 1.00. The van der Waals surface area contributed by atoms with Gasteiger partial charge in [-0.2, -0.15) is 0 Å². The number of rotatable bonds is 31. The molecule has 0 spiro atoms. The molecule has 0 aromatic carbocycles. The molecule has 0 rings (SSSR count). The second-order valence-corrected chi connectivity index (χ2v) is 12.7. The summed E-state index contributed by atoms with van der Waals surface area (Å²) < 4.78 is 37.4. The average molecular weight is 585 g/mol. The average Bonchev–Trinajstić information content (AvgIpc) is 2.87. The first-order valence-electron chi connectivity index (χ1n) is 16.6. The molecule has 0 saturated carbocycles. The van der Waals surface area contributed by atoms with E-state index in [9.17, 15) is 13.0 Å². The van der Waals surface area contributed by atoms with Gasteiger partial charge in [0.05, 0.1) is 6.61 Å².